The predicted molar refractivity (Wildman–Crippen MR) is 156 cm³/mol. The van der Waals surface area contributed by atoms with Crippen LogP contribution in [0.5, 0.6) is 0 Å². The summed E-state index contributed by atoms with van der Waals surface area (Å²) in [6.07, 6.45) is 4.11. The van der Waals surface area contributed by atoms with Crippen LogP contribution in [0.3, 0.4) is 0 Å². The van der Waals surface area contributed by atoms with Crippen LogP contribution in [0.25, 0.3) is 0 Å². The van der Waals surface area contributed by atoms with E-state index >= 15 is 0 Å². The molecule has 2 fully saturated rings. The van der Waals surface area contributed by atoms with Crippen LogP contribution < -0.4 is 16.0 Å². The Morgan fingerprint density at radius 1 is 0.878 bits per heavy atom. The van der Waals surface area contributed by atoms with E-state index in [-0.39, 0.29) is 24.2 Å². The number of carbonyl (C=O) groups is 4. The van der Waals surface area contributed by atoms with Crippen LogP contribution in [0, 0.1) is 5.92 Å². The third kappa shape index (κ3) is 9.26. The first kappa shape index (κ1) is 32.5. The average molecular weight is 573 g/mol. The Bertz CT molecular complexity index is 1020. The van der Waals surface area contributed by atoms with Crippen LogP contribution in [0.2, 0.25) is 0 Å². The number of amides is 4. The molecule has 0 saturated carbocycles. The zero-order chi connectivity index (χ0) is 29.9. The summed E-state index contributed by atoms with van der Waals surface area (Å²) < 4.78 is 0. The fourth-order valence-corrected chi connectivity index (χ4v) is 5.57. The van der Waals surface area contributed by atoms with Gasteiger partial charge in [-0.05, 0) is 50.5 Å². The van der Waals surface area contributed by atoms with Crippen molar-refractivity contribution in [3.8, 4) is 0 Å². The van der Waals surface area contributed by atoms with Gasteiger partial charge in [-0.1, -0.05) is 69.9 Å². The second-order valence-corrected chi connectivity index (χ2v) is 11.7. The molecule has 0 radical (unpaired) electrons. The lowest BCUT2D eigenvalue weighted by molar-refractivity contribution is -0.147. The summed E-state index contributed by atoms with van der Waals surface area (Å²) in [5.41, 5.74) is 0.861. The molecule has 2 aliphatic heterocycles. The second-order valence-electron chi connectivity index (χ2n) is 11.7. The van der Waals surface area contributed by atoms with Crippen molar-refractivity contribution in [2.45, 2.75) is 121 Å². The zero-order valence-electron chi connectivity index (χ0n) is 24.7. The van der Waals surface area contributed by atoms with Crippen molar-refractivity contribution in [3.05, 3.63) is 35.9 Å². The fraction of sp³-hybridized carbons (Fsp3) is 0.677. The van der Waals surface area contributed by atoms with Crippen molar-refractivity contribution in [3.63, 3.8) is 0 Å². The molecule has 7 atom stereocenters. The number of piperidine rings is 1. The van der Waals surface area contributed by atoms with E-state index in [0.29, 0.717) is 51.5 Å². The van der Waals surface area contributed by atoms with Gasteiger partial charge in [0.1, 0.15) is 24.2 Å². The summed E-state index contributed by atoms with van der Waals surface area (Å²) >= 11 is 0. The molecule has 228 valence electrons. The highest BCUT2D eigenvalue weighted by Gasteiger charge is 2.40. The van der Waals surface area contributed by atoms with Crippen LogP contribution >= 0.6 is 0 Å². The first-order valence-corrected chi connectivity index (χ1v) is 15.2. The number of nitrogens with one attached hydrogen (secondary N) is 3. The third-order valence-corrected chi connectivity index (χ3v) is 8.46. The van der Waals surface area contributed by atoms with Gasteiger partial charge in [-0.25, -0.2) is 0 Å². The normalized spacial score (nSPS) is 26.4. The van der Waals surface area contributed by atoms with Gasteiger partial charge in [-0.3, -0.25) is 19.2 Å². The minimum atomic E-state index is -0.929. The van der Waals surface area contributed by atoms with Crippen LogP contribution in [-0.4, -0.2) is 81.7 Å². The Labute approximate surface area is 243 Å². The Balaban J connectivity index is 1.86. The topological polar surface area (TPSA) is 148 Å². The van der Waals surface area contributed by atoms with Crippen molar-refractivity contribution in [2.24, 2.45) is 5.92 Å². The standard InChI is InChI=1S/C31H48N4O6/c1-4-20(2)27-31(41)35-18-12-11-16-25(35)30(40)32-23(15-9-6-10-17-26(37)21(3)36)28(38)33-24(29(39)34-27)19-22-13-7-5-8-14-22/h5,7-8,13-14,20-21,23-27,36-37H,4,6,9-12,15-19H2,1-3H3,(H,32,40)(H,33,38)(H,34,39)/t20-,21-,23-,24-,25+,26+,27+/m1/s1. The molecular weight excluding hydrogens is 524 g/mol. The molecule has 0 aliphatic carbocycles. The highest BCUT2D eigenvalue weighted by molar-refractivity contribution is 5.97. The maximum absolute atomic E-state index is 13.9. The highest BCUT2D eigenvalue weighted by Crippen LogP contribution is 2.22. The van der Waals surface area contributed by atoms with E-state index in [0.717, 1.165) is 18.4 Å². The number of aliphatic hydroxyl groups excluding tert-OH is 2. The van der Waals surface area contributed by atoms with E-state index in [1.165, 1.54) is 0 Å². The van der Waals surface area contributed by atoms with Gasteiger partial charge in [0.15, 0.2) is 0 Å². The molecule has 4 amide bonds. The van der Waals surface area contributed by atoms with Gasteiger partial charge in [-0.15, -0.1) is 0 Å². The lowest BCUT2D eigenvalue weighted by atomic mass is 9.93. The smallest absolute Gasteiger partial charge is 0.246 e. The molecular formula is C31H48N4O6. The maximum atomic E-state index is 13.9. The number of nitrogens with zero attached hydrogens (tertiary/aromatic N) is 1. The summed E-state index contributed by atoms with van der Waals surface area (Å²) in [4.78, 5) is 56.3. The van der Waals surface area contributed by atoms with Crippen LogP contribution in [0.4, 0.5) is 0 Å². The maximum Gasteiger partial charge on any atom is 0.246 e. The molecule has 5 N–H and O–H groups in total. The molecule has 0 aromatic heterocycles. The number of unbranched alkanes of at least 4 members (excludes halogenated alkanes) is 2. The molecule has 2 aliphatic rings. The zero-order valence-corrected chi connectivity index (χ0v) is 24.7. The molecule has 2 heterocycles. The fourth-order valence-electron chi connectivity index (χ4n) is 5.57. The van der Waals surface area contributed by atoms with Crippen LogP contribution in [-0.2, 0) is 25.6 Å². The van der Waals surface area contributed by atoms with Gasteiger partial charge >= 0.3 is 0 Å². The van der Waals surface area contributed by atoms with Crippen molar-refractivity contribution in [1.29, 1.82) is 0 Å². The first-order chi connectivity index (χ1) is 19.6. The Kier molecular flexibility index (Phi) is 12.6. The minimum Gasteiger partial charge on any atom is -0.391 e. The summed E-state index contributed by atoms with van der Waals surface area (Å²) in [6.45, 7) is 5.84. The largest absolute Gasteiger partial charge is 0.391 e. The number of aliphatic hydroxyl groups is 2. The Morgan fingerprint density at radius 2 is 1.56 bits per heavy atom. The molecule has 41 heavy (non-hydrogen) atoms. The number of hydrogen-bond donors (Lipinski definition) is 5. The summed E-state index contributed by atoms with van der Waals surface area (Å²) in [5.74, 6) is -1.63. The van der Waals surface area contributed by atoms with Gasteiger partial charge in [0.2, 0.25) is 23.6 Å². The van der Waals surface area contributed by atoms with Crippen molar-refractivity contribution >= 4 is 23.6 Å². The number of hydrogen-bond acceptors (Lipinski definition) is 6. The number of carbonyl (C=O) groups excluding carboxylic acids is 4. The SMILES string of the molecule is CC[C@@H](C)[C@@H]1NC(=O)[C@@H](Cc2ccccc2)NC(=O)[C@@H](CCCCC[C@H](O)[C@@H](C)O)NC(=O)[C@@H]2CCCCN2C1=O. The Morgan fingerprint density at radius 3 is 2.24 bits per heavy atom. The summed E-state index contributed by atoms with van der Waals surface area (Å²) in [6, 6.07) is 6.06. The third-order valence-electron chi connectivity index (χ3n) is 8.46. The van der Waals surface area contributed by atoms with E-state index in [1.807, 2.05) is 44.2 Å². The first-order valence-electron chi connectivity index (χ1n) is 15.2. The Hall–Kier alpha value is -2.98. The number of rotatable bonds is 11. The van der Waals surface area contributed by atoms with E-state index in [1.54, 1.807) is 11.8 Å². The predicted octanol–water partition coefficient (Wildman–Crippen LogP) is 1.82. The molecule has 3 rings (SSSR count). The van der Waals surface area contributed by atoms with Gasteiger partial charge in [0.05, 0.1) is 12.2 Å². The van der Waals surface area contributed by atoms with Crippen LogP contribution in [0.15, 0.2) is 30.3 Å². The van der Waals surface area contributed by atoms with Gasteiger partial charge in [-0.2, -0.15) is 0 Å². The number of benzene rings is 1. The molecule has 0 unspecified atom stereocenters. The quantitative estimate of drug-likeness (QED) is 0.256. The molecule has 10 nitrogen and oxygen atoms in total. The van der Waals surface area contributed by atoms with Gasteiger partial charge < -0.3 is 31.1 Å². The van der Waals surface area contributed by atoms with E-state index in [9.17, 15) is 29.4 Å². The summed E-state index contributed by atoms with van der Waals surface area (Å²) in [7, 11) is 0. The molecule has 0 bridgehead atoms. The van der Waals surface area contributed by atoms with E-state index in [4.69, 9.17) is 0 Å². The van der Waals surface area contributed by atoms with Crippen molar-refractivity contribution < 1.29 is 29.4 Å². The van der Waals surface area contributed by atoms with Crippen LogP contribution in [0.1, 0.15) is 84.1 Å². The second kappa shape index (κ2) is 15.9. The van der Waals surface area contributed by atoms with Crippen molar-refractivity contribution in [2.75, 3.05) is 6.54 Å². The highest BCUT2D eigenvalue weighted by atomic mass is 16.3. The van der Waals surface area contributed by atoms with E-state index in [2.05, 4.69) is 16.0 Å². The summed E-state index contributed by atoms with van der Waals surface area (Å²) in [5, 5.41) is 28.1. The molecule has 2 saturated heterocycles. The number of fused-ring (bicyclic) bond motifs is 1. The molecule has 1 aromatic rings. The van der Waals surface area contributed by atoms with E-state index < -0.39 is 48.2 Å². The molecule has 10 heteroatoms. The lowest BCUT2D eigenvalue weighted by Gasteiger charge is -2.39. The monoisotopic (exact) mass is 572 g/mol. The van der Waals surface area contributed by atoms with Gasteiger partial charge in [0.25, 0.3) is 0 Å². The minimum absolute atomic E-state index is 0.159. The van der Waals surface area contributed by atoms with Crippen molar-refractivity contribution in [1.82, 2.24) is 20.9 Å². The average Bonchev–Trinajstić information content (AvgIpc) is 2.97. The van der Waals surface area contributed by atoms with Gasteiger partial charge in [0, 0.05) is 13.0 Å². The molecule has 0 spiro atoms. The molecule has 1 aromatic carbocycles. The lowest BCUT2D eigenvalue weighted by Crippen LogP contribution is -2.64.